The minimum atomic E-state index is -0.438. The summed E-state index contributed by atoms with van der Waals surface area (Å²) >= 11 is 10.1. The third-order valence-corrected chi connectivity index (χ3v) is 8.34. The fourth-order valence-electron chi connectivity index (χ4n) is 5.49. The van der Waals surface area contributed by atoms with Gasteiger partial charge in [0.15, 0.2) is 0 Å². The summed E-state index contributed by atoms with van der Waals surface area (Å²) in [5.41, 5.74) is 3.94. The van der Waals surface area contributed by atoms with Gasteiger partial charge in [0.1, 0.15) is 23.7 Å². The van der Waals surface area contributed by atoms with Gasteiger partial charge >= 0.3 is 5.97 Å². The Labute approximate surface area is 244 Å². The number of carbonyl (C=O) groups excluding carboxylic acids is 1. The van der Waals surface area contributed by atoms with E-state index >= 15 is 0 Å². The highest BCUT2D eigenvalue weighted by Gasteiger charge is 2.43. The van der Waals surface area contributed by atoms with Crippen molar-refractivity contribution in [3.05, 3.63) is 81.3 Å². The first-order chi connectivity index (χ1) is 18.6. The van der Waals surface area contributed by atoms with Crippen LogP contribution >= 0.6 is 27.5 Å². The summed E-state index contributed by atoms with van der Waals surface area (Å²) in [6, 6.07) is 20.3. The number of fused-ring (bicyclic) bond motifs is 2. The summed E-state index contributed by atoms with van der Waals surface area (Å²) in [5.74, 6) is 1.56. The number of ether oxygens (including phenoxy) is 3. The van der Waals surface area contributed by atoms with Crippen molar-refractivity contribution in [3.63, 3.8) is 0 Å². The molecule has 2 aliphatic rings. The Morgan fingerprint density at radius 1 is 1.05 bits per heavy atom. The highest BCUT2D eigenvalue weighted by atomic mass is 79.9. The maximum atomic E-state index is 12.1. The first-order valence-electron chi connectivity index (χ1n) is 13.5. The van der Waals surface area contributed by atoms with E-state index in [2.05, 4.69) is 45.1 Å². The Morgan fingerprint density at radius 3 is 2.56 bits per heavy atom. The molecule has 0 bridgehead atoms. The average Bonchev–Trinajstić information content (AvgIpc) is 3.24. The third kappa shape index (κ3) is 6.62. The Morgan fingerprint density at radius 2 is 1.82 bits per heavy atom. The number of esters is 1. The lowest BCUT2D eigenvalue weighted by molar-refractivity contribution is -0.155. The van der Waals surface area contributed by atoms with Crippen molar-refractivity contribution >= 4 is 33.5 Å². The van der Waals surface area contributed by atoms with Crippen LogP contribution in [-0.2, 0) is 21.6 Å². The second-order valence-corrected chi connectivity index (χ2v) is 12.8. The van der Waals surface area contributed by atoms with Crippen LogP contribution in [0.15, 0.2) is 65.1 Å². The Hall–Kier alpha value is -2.54. The molecule has 0 radical (unpaired) electrons. The summed E-state index contributed by atoms with van der Waals surface area (Å²) in [7, 11) is 0. The SMILES string of the molecule is CC(C)(C)OC(=O)CCN1CCC2(CC1)COc1cc(OCc3cc(Br)ccc3-c3ccccc3Cl)ccc12. The van der Waals surface area contributed by atoms with Crippen LogP contribution in [0.25, 0.3) is 11.1 Å². The van der Waals surface area contributed by atoms with E-state index in [0.29, 0.717) is 24.7 Å². The normalized spacial score (nSPS) is 16.5. The molecule has 5 rings (SSSR count). The molecule has 0 unspecified atom stereocenters. The van der Waals surface area contributed by atoms with Gasteiger partial charge in [-0.3, -0.25) is 4.79 Å². The summed E-state index contributed by atoms with van der Waals surface area (Å²) in [4.78, 5) is 14.5. The molecule has 3 aromatic carbocycles. The van der Waals surface area contributed by atoms with Gasteiger partial charge in [-0.15, -0.1) is 0 Å². The van der Waals surface area contributed by atoms with E-state index in [-0.39, 0.29) is 11.4 Å². The van der Waals surface area contributed by atoms with E-state index in [4.69, 9.17) is 25.8 Å². The quantitative estimate of drug-likeness (QED) is 0.255. The molecular weight excluding hydrogens is 578 g/mol. The van der Waals surface area contributed by atoms with E-state index in [0.717, 1.165) is 65.1 Å². The van der Waals surface area contributed by atoms with Crippen LogP contribution in [0, 0.1) is 0 Å². The minimum Gasteiger partial charge on any atom is -0.492 e. The molecule has 1 saturated heterocycles. The number of benzene rings is 3. The van der Waals surface area contributed by atoms with Crippen LogP contribution in [0.1, 0.15) is 51.2 Å². The lowest BCUT2D eigenvalue weighted by Gasteiger charge is -2.38. The van der Waals surface area contributed by atoms with Crippen LogP contribution in [0.5, 0.6) is 11.5 Å². The van der Waals surface area contributed by atoms with Gasteiger partial charge in [0.2, 0.25) is 0 Å². The fraction of sp³-hybridized carbons (Fsp3) is 0.406. The molecular formula is C32H35BrClNO4. The lowest BCUT2D eigenvalue weighted by Crippen LogP contribution is -2.44. The Balaban J connectivity index is 1.22. The van der Waals surface area contributed by atoms with Crippen LogP contribution in [-0.4, -0.2) is 42.7 Å². The second-order valence-electron chi connectivity index (χ2n) is 11.5. The topological polar surface area (TPSA) is 48.0 Å². The zero-order valence-corrected chi connectivity index (χ0v) is 25.1. The molecule has 5 nitrogen and oxygen atoms in total. The maximum Gasteiger partial charge on any atom is 0.307 e. The zero-order chi connectivity index (χ0) is 27.6. The van der Waals surface area contributed by atoms with Gasteiger partial charge in [-0.25, -0.2) is 0 Å². The van der Waals surface area contributed by atoms with Gasteiger partial charge in [-0.05, 0) is 82.1 Å². The van der Waals surface area contributed by atoms with Crippen molar-refractivity contribution in [1.29, 1.82) is 0 Å². The van der Waals surface area contributed by atoms with Crippen LogP contribution < -0.4 is 9.47 Å². The minimum absolute atomic E-state index is 0.0256. The molecule has 0 aliphatic carbocycles. The van der Waals surface area contributed by atoms with Crippen molar-refractivity contribution < 1.29 is 19.0 Å². The second kappa shape index (κ2) is 11.5. The first kappa shape index (κ1) is 28.0. The number of carbonyl (C=O) groups is 1. The molecule has 2 heterocycles. The molecule has 3 aromatic rings. The summed E-state index contributed by atoms with van der Waals surface area (Å²) < 4.78 is 18.9. The molecule has 0 saturated carbocycles. The number of likely N-dealkylation sites (tertiary alicyclic amines) is 1. The van der Waals surface area contributed by atoms with E-state index in [1.54, 1.807) is 0 Å². The molecule has 0 amide bonds. The van der Waals surface area contributed by atoms with Gasteiger partial charge in [0.25, 0.3) is 0 Å². The van der Waals surface area contributed by atoms with E-state index in [1.165, 1.54) is 5.56 Å². The molecule has 1 fully saturated rings. The number of rotatable bonds is 7. The van der Waals surface area contributed by atoms with Gasteiger partial charge in [-0.2, -0.15) is 0 Å². The fourth-order valence-corrected chi connectivity index (χ4v) is 6.14. The van der Waals surface area contributed by atoms with E-state index in [9.17, 15) is 4.79 Å². The summed E-state index contributed by atoms with van der Waals surface area (Å²) in [5, 5.41) is 0.716. The van der Waals surface area contributed by atoms with Crippen LogP contribution in [0.2, 0.25) is 5.02 Å². The summed E-state index contributed by atoms with van der Waals surface area (Å²) in [6.45, 7) is 9.43. The number of halogens is 2. The number of hydrogen-bond acceptors (Lipinski definition) is 5. The predicted molar refractivity (Wildman–Crippen MR) is 159 cm³/mol. The van der Waals surface area contributed by atoms with Crippen LogP contribution in [0.4, 0.5) is 0 Å². The monoisotopic (exact) mass is 611 g/mol. The smallest absolute Gasteiger partial charge is 0.307 e. The van der Waals surface area contributed by atoms with Gasteiger partial charge in [0, 0.05) is 38.6 Å². The molecule has 39 heavy (non-hydrogen) atoms. The van der Waals surface area contributed by atoms with Crippen LogP contribution in [0.3, 0.4) is 0 Å². The molecule has 0 N–H and O–H groups in total. The zero-order valence-electron chi connectivity index (χ0n) is 22.8. The highest BCUT2D eigenvalue weighted by Crippen LogP contribution is 2.47. The van der Waals surface area contributed by atoms with Crippen molar-refractivity contribution in [2.24, 2.45) is 0 Å². The Bertz CT molecular complexity index is 1340. The lowest BCUT2D eigenvalue weighted by atomic mass is 9.74. The average molecular weight is 613 g/mol. The number of piperidine rings is 1. The molecule has 7 heteroatoms. The number of nitrogens with zero attached hydrogens (tertiary/aromatic N) is 1. The van der Waals surface area contributed by atoms with Crippen molar-refractivity contribution in [3.8, 4) is 22.6 Å². The van der Waals surface area contributed by atoms with Crippen molar-refractivity contribution in [1.82, 2.24) is 4.90 Å². The van der Waals surface area contributed by atoms with Crippen molar-refractivity contribution in [2.75, 3.05) is 26.2 Å². The predicted octanol–water partition coefficient (Wildman–Crippen LogP) is 7.81. The van der Waals surface area contributed by atoms with E-state index < -0.39 is 5.60 Å². The molecule has 0 aromatic heterocycles. The largest absolute Gasteiger partial charge is 0.492 e. The van der Waals surface area contributed by atoms with Gasteiger partial charge < -0.3 is 19.1 Å². The molecule has 2 aliphatic heterocycles. The third-order valence-electron chi connectivity index (χ3n) is 7.52. The molecule has 1 spiro atoms. The first-order valence-corrected chi connectivity index (χ1v) is 14.7. The van der Waals surface area contributed by atoms with Gasteiger partial charge in [-0.1, -0.05) is 57.9 Å². The van der Waals surface area contributed by atoms with E-state index in [1.807, 2.05) is 57.2 Å². The molecule has 206 valence electrons. The summed E-state index contributed by atoms with van der Waals surface area (Å²) in [6.07, 6.45) is 2.44. The standard InChI is InChI=1S/C32H35BrClNO4/c1-31(2,3)39-30(36)12-15-35-16-13-32(14-17-35)21-38-29-19-24(9-11-27(29)32)37-20-22-18-23(33)8-10-25(22)26-6-4-5-7-28(26)34/h4-11,18-19H,12-17,20-21H2,1-3H3. The van der Waals surface area contributed by atoms with Crippen molar-refractivity contribution in [2.45, 2.75) is 57.7 Å². The Kier molecular flexibility index (Phi) is 8.27. The highest BCUT2D eigenvalue weighted by molar-refractivity contribution is 9.10. The molecule has 0 atom stereocenters. The maximum absolute atomic E-state index is 12.1. The van der Waals surface area contributed by atoms with Gasteiger partial charge in [0.05, 0.1) is 13.0 Å². The number of hydrogen-bond donors (Lipinski definition) is 0.